The fourth-order valence-corrected chi connectivity index (χ4v) is 6.52. The number of ether oxygens (including phenoxy) is 14. The van der Waals surface area contributed by atoms with E-state index in [4.69, 9.17) is 66.3 Å². The molecule has 0 aliphatic heterocycles. The minimum atomic E-state index is -0.474. The molecule has 0 fully saturated rings. The Bertz CT molecular complexity index is 1660. The number of hydrogen-bond acceptors (Lipinski definition) is 16. The molecule has 1 aliphatic carbocycles. The standard InChI is InChI=1S/C50H74N2O16/c1-52(50(54)68-42-48-46-13-7-5-11-44(46)45-12-6-8-14-47(45)48)16-18-56-20-22-58-24-26-60-28-30-62-32-34-64-36-38-66-40-39-65-37-35-63-33-31-61-29-27-59-25-23-57-21-19-55-17-15-51-49(53)67-41-43-9-3-2-4-10-43/h2-14,48H,15-42H2,1H3,(H,51,53). The summed E-state index contributed by atoms with van der Waals surface area (Å²) in [4.78, 5) is 25.9. The average molecular weight is 959 g/mol. The van der Waals surface area contributed by atoms with Crippen LogP contribution in [-0.4, -0.2) is 202 Å². The highest BCUT2D eigenvalue weighted by molar-refractivity contribution is 5.79. The first-order valence-corrected chi connectivity index (χ1v) is 23.6. The maximum atomic E-state index is 12.6. The number of carbonyl (C=O) groups excluding carboxylic acids is 2. The summed E-state index contributed by atoms with van der Waals surface area (Å²) < 4.78 is 77.0. The maximum absolute atomic E-state index is 12.6. The van der Waals surface area contributed by atoms with Gasteiger partial charge >= 0.3 is 12.2 Å². The number of likely N-dealkylation sites (N-methyl/N-ethyl adjacent to an activating group) is 1. The Kier molecular flexibility index (Phi) is 31.9. The number of benzene rings is 3. The lowest BCUT2D eigenvalue weighted by Gasteiger charge is -2.19. The molecule has 68 heavy (non-hydrogen) atoms. The fourth-order valence-electron chi connectivity index (χ4n) is 6.52. The maximum Gasteiger partial charge on any atom is 0.409 e. The van der Waals surface area contributed by atoms with E-state index in [1.165, 1.54) is 27.2 Å². The van der Waals surface area contributed by atoms with Gasteiger partial charge in [-0.3, -0.25) is 0 Å². The quantitative estimate of drug-likeness (QED) is 0.0750. The second-order valence-corrected chi connectivity index (χ2v) is 15.1. The highest BCUT2D eigenvalue weighted by Crippen LogP contribution is 2.44. The van der Waals surface area contributed by atoms with Gasteiger partial charge < -0.3 is 76.5 Å². The smallest absolute Gasteiger partial charge is 0.409 e. The Hall–Kier alpha value is -4.28. The Balaban J connectivity index is 0.758. The van der Waals surface area contributed by atoms with E-state index < -0.39 is 6.09 Å². The summed E-state index contributed by atoms with van der Waals surface area (Å²) in [5.41, 5.74) is 5.71. The van der Waals surface area contributed by atoms with Gasteiger partial charge in [0.25, 0.3) is 0 Å². The molecule has 3 aromatic rings. The first-order chi connectivity index (χ1) is 33.6. The predicted octanol–water partition coefficient (Wildman–Crippen LogP) is 4.99. The molecule has 380 valence electrons. The van der Waals surface area contributed by atoms with E-state index in [0.29, 0.717) is 178 Å². The summed E-state index contributed by atoms with van der Waals surface area (Å²) in [6.45, 7) is 12.3. The zero-order valence-corrected chi connectivity index (χ0v) is 39.9. The second-order valence-electron chi connectivity index (χ2n) is 15.1. The second kappa shape index (κ2) is 38.6. The fraction of sp³-hybridized carbons (Fsp3) is 0.600. The lowest BCUT2D eigenvalue weighted by molar-refractivity contribution is -0.0284. The number of nitrogens with one attached hydrogen (secondary N) is 1. The molecule has 0 unspecified atom stereocenters. The van der Waals surface area contributed by atoms with Crippen molar-refractivity contribution in [1.29, 1.82) is 0 Å². The summed E-state index contributed by atoms with van der Waals surface area (Å²) in [6, 6.07) is 26.1. The van der Waals surface area contributed by atoms with Gasteiger partial charge in [0.2, 0.25) is 0 Å². The van der Waals surface area contributed by atoms with Crippen LogP contribution >= 0.6 is 0 Å². The average Bonchev–Trinajstić information content (AvgIpc) is 3.69. The largest absolute Gasteiger partial charge is 0.448 e. The van der Waals surface area contributed by atoms with Gasteiger partial charge in [-0.2, -0.15) is 0 Å². The van der Waals surface area contributed by atoms with E-state index >= 15 is 0 Å². The Morgan fingerprint density at radius 2 is 0.765 bits per heavy atom. The molecule has 18 nitrogen and oxygen atoms in total. The molecule has 1 aliphatic rings. The van der Waals surface area contributed by atoms with E-state index in [1.54, 1.807) is 7.05 Å². The van der Waals surface area contributed by atoms with E-state index in [1.807, 2.05) is 54.6 Å². The van der Waals surface area contributed by atoms with E-state index in [0.717, 1.165) is 5.56 Å². The summed E-state index contributed by atoms with van der Waals surface area (Å²) in [5, 5.41) is 2.65. The number of nitrogens with zero attached hydrogens (tertiary/aromatic N) is 1. The summed E-state index contributed by atoms with van der Waals surface area (Å²) >= 11 is 0. The zero-order valence-electron chi connectivity index (χ0n) is 39.9. The van der Waals surface area contributed by atoms with Crippen molar-refractivity contribution in [2.75, 3.05) is 185 Å². The monoisotopic (exact) mass is 959 g/mol. The highest BCUT2D eigenvalue weighted by atomic mass is 16.6. The van der Waals surface area contributed by atoms with Crippen LogP contribution in [0.1, 0.15) is 22.6 Å². The Morgan fingerprint density at radius 3 is 1.16 bits per heavy atom. The van der Waals surface area contributed by atoms with Gasteiger partial charge in [0, 0.05) is 26.1 Å². The van der Waals surface area contributed by atoms with Crippen LogP contribution in [0, 0.1) is 0 Å². The van der Waals surface area contributed by atoms with Crippen molar-refractivity contribution in [2.45, 2.75) is 12.5 Å². The first kappa shape index (κ1) is 56.3. The Morgan fingerprint density at radius 1 is 0.426 bits per heavy atom. The summed E-state index contributed by atoms with van der Waals surface area (Å²) in [6.07, 6.45) is -0.844. The zero-order chi connectivity index (χ0) is 47.8. The first-order valence-electron chi connectivity index (χ1n) is 23.6. The van der Waals surface area contributed by atoms with Crippen molar-refractivity contribution in [3.8, 4) is 11.1 Å². The van der Waals surface area contributed by atoms with Gasteiger partial charge in [-0.25, -0.2) is 9.59 Å². The van der Waals surface area contributed by atoms with Crippen LogP contribution in [0.2, 0.25) is 0 Å². The van der Waals surface area contributed by atoms with Crippen LogP contribution in [0.5, 0.6) is 0 Å². The van der Waals surface area contributed by atoms with Gasteiger partial charge in [-0.05, 0) is 27.8 Å². The van der Waals surface area contributed by atoms with Gasteiger partial charge in [-0.15, -0.1) is 0 Å². The summed E-state index contributed by atoms with van der Waals surface area (Å²) in [7, 11) is 1.71. The molecule has 2 amide bonds. The van der Waals surface area contributed by atoms with Crippen molar-refractivity contribution >= 4 is 12.2 Å². The molecule has 4 rings (SSSR count). The van der Waals surface area contributed by atoms with Gasteiger partial charge in [0.05, 0.1) is 159 Å². The van der Waals surface area contributed by atoms with Gasteiger partial charge in [0.15, 0.2) is 0 Å². The normalized spacial score (nSPS) is 12.0. The molecule has 0 heterocycles. The number of hydrogen-bond donors (Lipinski definition) is 1. The molecule has 0 spiro atoms. The molecule has 0 bridgehead atoms. The molecule has 0 aromatic heterocycles. The van der Waals surface area contributed by atoms with E-state index in [9.17, 15) is 9.59 Å². The lowest BCUT2D eigenvalue weighted by atomic mass is 9.98. The van der Waals surface area contributed by atoms with Gasteiger partial charge in [-0.1, -0.05) is 78.9 Å². The predicted molar refractivity (Wildman–Crippen MR) is 252 cm³/mol. The molecular weight excluding hydrogens is 885 g/mol. The molecular formula is C50H74N2O16. The molecule has 18 heteroatoms. The van der Waals surface area contributed by atoms with Crippen molar-refractivity contribution in [3.63, 3.8) is 0 Å². The topological polar surface area (TPSA) is 179 Å². The number of fused-ring (bicyclic) bond motifs is 3. The minimum Gasteiger partial charge on any atom is -0.448 e. The van der Waals surface area contributed by atoms with Crippen LogP contribution < -0.4 is 5.32 Å². The summed E-state index contributed by atoms with van der Waals surface area (Å²) in [5.74, 6) is 0.0317. The van der Waals surface area contributed by atoms with Crippen molar-refractivity contribution in [2.24, 2.45) is 0 Å². The lowest BCUT2D eigenvalue weighted by Crippen LogP contribution is -2.32. The molecule has 0 saturated carbocycles. The SMILES string of the molecule is CN(CCOCCOCCOCCOCCOCCOCCOCCOCCOCCOCCOCCOCCNC(=O)OCc1ccccc1)C(=O)OCC1c2ccccc2-c2ccccc21. The number of carbonyl (C=O) groups is 2. The third-order valence-electron chi connectivity index (χ3n) is 10.0. The van der Waals surface area contributed by atoms with E-state index in [2.05, 4.69) is 29.6 Å². The van der Waals surface area contributed by atoms with Crippen molar-refractivity contribution in [1.82, 2.24) is 10.2 Å². The van der Waals surface area contributed by atoms with Crippen LogP contribution in [0.3, 0.4) is 0 Å². The van der Waals surface area contributed by atoms with Crippen molar-refractivity contribution < 1.29 is 75.9 Å². The number of amides is 2. The van der Waals surface area contributed by atoms with E-state index in [-0.39, 0.29) is 18.6 Å². The third-order valence-corrected chi connectivity index (χ3v) is 10.0. The molecule has 0 radical (unpaired) electrons. The van der Waals surface area contributed by atoms with Crippen LogP contribution in [-0.2, 0) is 72.9 Å². The van der Waals surface area contributed by atoms with Crippen LogP contribution in [0.15, 0.2) is 78.9 Å². The molecule has 3 aromatic carbocycles. The molecule has 1 N–H and O–H groups in total. The number of alkyl carbamates (subject to hydrolysis) is 1. The highest BCUT2D eigenvalue weighted by Gasteiger charge is 2.29. The van der Waals surface area contributed by atoms with Gasteiger partial charge in [0.1, 0.15) is 13.2 Å². The third kappa shape index (κ3) is 25.9. The molecule has 0 atom stereocenters. The molecule has 0 saturated heterocycles. The van der Waals surface area contributed by atoms with Crippen LogP contribution in [0.4, 0.5) is 9.59 Å². The number of rotatable bonds is 43. The van der Waals surface area contributed by atoms with Crippen LogP contribution in [0.25, 0.3) is 11.1 Å². The Labute approximate surface area is 401 Å². The van der Waals surface area contributed by atoms with Crippen molar-refractivity contribution in [3.05, 3.63) is 95.6 Å². The minimum absolute atomic E-state index is 0.0317.